The molecule has 1 aliphatic rings. The number of carbonyl (C=O) groups excluding carboxylic acids is 2. The summed E-state index contributed by atoms with van der Waals surface area (Å²) >= 11 is 3.35. The van der Waals surface area contributed by atoms with Gasteiger partial charge in [0.2, 0.25) is 0 Å². The lowest BCUT2D eigenvalue weighted by Crippen LogP contribution is -2.36. The van der Waals surface area contributed by atoms with E-state index in [1.807, 2.05) is 0 Å². The minimum atomic E-state index is -0.125. The van der Waals surface area contributed by atoms with Crippen LogP contribution in [0.4, 0.5) is 0 Å². The van der Waals surface area contributed by atoms with E-state index >= 15 is 0 Å². The van der Waals surface area contributed by atoms with Gasteiger partial charge >= 0.3 is 0 Å². The molecule has 1 fully saturated rings. The van der Waals surface area contributed by atoms with Gasteiger partial charge in [-0.3, -0.25) is 9.59 Å². The summed E-state index contributed by atoms with van der Waals surface area (Å²) in [4.78, 5) is 23.8. The Bertz CT molecular complexity index is 524. The Morgan fingerprint density at radius 2 is 2.05 bits per heavy atom. The van der Waals surface area contributed by atoms with Crippen LogP contribution < -0.4 is 10.1 Å². The number of rotatable bonds is 6. The number of halogens is 1. The molecule has 1 aromatic rings. The van der Waals surface area contributed by atoms with E-state index in [0.717, 1.165) is 17.3 Å². The molecule has 0 heterocycles. The zero-order chi connectivity index (χ0) is 15.2. The van der Waals surface area contributed by atoms with E-state index in [9.17, 15) is 9.59 Å². The minimum absolute atomic E-state index is 0.00232. The van der Waals surface area contributed by atoms with E-state index in [1.54, 1.807) is 25.1 Å². The largest absolute Gasteiger partial charge is 0.483 e. The quantitative estimate of drug-likeness (QED) is 0.796. The van der Waals surface area contributed by atoms with Crippen molar-refractivity contribution in [2.24, 2.45) is 0 Å². The van der Waals surface area contributed by atoms with Crippen LogP contribution in [0, 0.1) is 0 Å². The average Bonchev–Trinajstić information content (AvgIpc) is 2.98. The van der Waals surface area contributed by atoms with Crippen molar-refractivity contribution in [3.8, 4) is 5.75 Å². The van der Waals surface area contributed by atoms with Crippen molar-refractivity contribution < 1.29 is 14.3 Å². The summed E-state index contributed by atoms with van der Waals surface area (Å²) in [5.41, 5.74) is 0.514. The molecule has 1 aliphatic carbocycles. The van der Waals surface area contributed by atoms with Crippen LogP contribution in [-0.4, -0.2) is 24.3 Å². The third-order valence-electron chi connectivity index (χ3n) is 3.64. The molecule has 1 amide bonds. The minimum Gasteiger partial charge on any atom is -0.483 e. The molecule has 0 radical (unpaired) electrons. The predicted molar refractivity (Wildman–Crippen MR) is 84.7 cm³/mol. The number of carbonyl (C=O) groups is 2. The number of hydrogen-bond acceptors (Lipinski definition) is 3. The summed E-state index contributed by atoms with van der Waals surface area (Å²) in [6, 6.07) is 5.53. The summed E-state index contributed by atoms with van der Waals surface area (Å²) in [6.07, 6.45) is 4.84. The standard InChI is InChI=1S/C16H20BrNO3/c1-2-14(19)13-9-11(17)7-8-15(13)21-10-16(20)18-12-5-3-4-6-12/h7-9,12H,2-6,10H2,1H3,(H,18,20). The number of ketones is 1. The number of hydrogen-bond donors (Lipinski definition) is 1. The van der Waals surface area contributed by atoms with E-state index in [4.69, 9.17) is 4.74 Å². The third kappa shape index (κ3) is 4.56. The molecule has 0 bridgehead atoms. The molecule has 1 aromatic carbocycles. The molecule has 114 valence electrons. The van der Waals surface area contributed by atoms with E-state index < -0.39 is 0 Å². The molecule has 5 heteroatoms. The Labute approximate surface area is 133 Å². The molecule has 0 atom stereocenters. The number of Topliss-reactive ketones (excluding diaryl/α,β-unsaturated/α-hetero) is 1. The number of nitrogens with one attached hydrogen (secondary N) is 1. The van der Waals surface area contributed by atoms with Crippen LogP contribution in [0.3, 0.4) is 0 Å². The topological polar surface area (TPSA) is 55.4 Å². The maximum Gasteiger partial charge on any atom is 0.258 e. The molecule has 1 saturated carbocycles. The van der Waals surface area contributed by atoms with Crippen molar-refractivity contribution in [1.82, 2.24) is 5.32 Å². The zero-order valence-electron chi connectivity index (χ0n) is 12.2. The van der Waals surface area contributed by atoms with Gasteiger partial charge in [0.25, 0.3) is 5.91 Å². The second-order valence-corrected chi connectivity index (χ2v) is 6.17. The first-order chi connectivity index (χ1) is 10.1. The Hall–Kier alpha value is -1.36. The number of amides is 1. The van der Waals surface area contributed by atoms with Crippen molar-refractivity contribution in [2.75, 3.05) is 6.61 Å². The molecule has 0 saturated heterocycles. The van der Waals surface area contributed by atoms with Crippen LogP contribution in [0.1, 0.15) is 49.4 Å². The highest BCUT2D eigenvalue weighted by atomic mass is 79.9. The molecule has 4 nitrogen and oxygen atoms in total. The van der Waals surface area contributed by atoms with E-state index in [2.05, 4.69) is 21.2 Å². The molecule has 21 heavy (non-hydrogen) atoms. The monoisotopic (exact) mass is 353 g/mol. The molecule has 0 aromatic heterocycles. The van der Waals surface area contributed by atoms with E-state index in [0.29, 0.717) is 17.7 Å². The van der Waals surface area contributed by atoms with E-state index in [1.165, 1.54) is 12.8 Å². The molecule has 1 N–H and O–H groups in total. The van der Waals surface area contributed by atoms with Crippen molar-refractivity contribution >= 4 is 27.6 Å². The van der Waals surface area contributed by atoms with Crippen molar-refractivity contribution in [3.05, 3.63) is 28.2 Å². The maximum absolute atomic E-state index is 11.9. The predicted octanol–water partition coefficient (Wildman–Crippen LogP) is 3.48. The Kier molecular flexibility index (Phi) is 5.79. The van der Waals surface area contributed by atoms with Crippen molar-refractivity contribution in [3.63, 3.8) is 0 Å². The van der Waals surface area contributed by atoms with Crippen LogP contribution in [-0.2, 0) is 4.79 Å². The summed E-state index contributed by atoms with van der Waals surface area (Å²) in [5.74, 6) is 0.342. The first-order valence-corrected chi connectivity index (χ1v) is 8.14. The number of benzene rings is 1. The van der Waals surface area contributed by atoms with Gasteiger partial charge in [0.1, 0.15) is 5.75 Å². The first-order valence-electron chi connectivity index (χ1n) is 7.35. The summed E-state index contributed by atoms with van der Waals surface area (Å²) in [6.45, 7) is 1.75. The van der Waals surface area contributed by atoms with Gasteiger partial charge in [-0.2, -0.15) is 0 Å². The molecular weight excluding hydrogens is 334 g/mol. The summed E-state index contributed by atoms with van der Waals surface area (Å²) in [5, 5.41) is 2.97. The van der Waals surface area contributed by atoms with Gasteiger partial charge in [0.15, 0.2) is 12.4 Å². The van der Waals surface area contributed by atoms with Gasteiger partial charge in [-0.15, -0.1) is 0 Å². The maximum atomic E-state index is 11.9. The fourth-order valence-electron chi connectivity index (χ4n) is 2.52. The smallest absolute Gasteiger partial charge is 0.258 e. The Morgan fingerprint density at radius 3 is 2.71 bits per heavy atom. The molecule has 0 spiro atoms. The summed E-state index contributed by atoms with van der Waals surface area (Å²) < 4.78 is 6.35. The summed E-state index contributed by atoms with van der Waals surface area (Å²) in [7, 11) is 0. The van der Waals surface area contributed by atoms with Gasteiger partial charge in [-0.25, -0.2) is 0 Å². The normalized spacial score (nSPS) is 15.0. The Balaban J connectivity index is 1.95. The fourth-order valence-corrected chi connectivity index (χ4v) is 2.88. The van der Waals surface area contributed by atoms with Crippen LogP contribution in [0.25, 0.3) is 0 Å². The zero-order valence-corrected chi connectivity index (χ0v) is 13.7. The van der Waals surface area contributed by atoms with Gasteiger partial charge < -0.3 is 10.1 Å². The second-order valence-electron chi connectivity index (χ2n) is 5.25. The Morgan fingerprint density at radius 1 is 1.33 bits per heavy atom. The molecule has 0 aliphatic heterocycles. The molecule has 0 unspecified atom stereocenters. The van der Waals surface area contributed by atoms with Crippen LogP contribution in [0.2, 0.25) is 0 Å². The van der Waals surface area contributed by atoms with Crippen LogP contribution >= 0.6 is 15.9 Å². The lowest BCUT2D eigenvalue weighted by atomic mass is 10.1. The van der Waals surface area contributed by atoms with Crippen molar-refractivity contribution in [2.45, 2.75) is 45.1 Å². The molecular formula is C16H20BrNO3. The highest BCUT2D eigenvalue weighted by Gasteiger charge is 2.18. The van der Waals surface area contributed by atoms with E-state index in [-0.39, 0.29) is 24.3 Å². The SMILES string of the molecule is CCC(=O)c1cc(Br)ccc1OCC(=O)NC1CCCC1. The first kappa shape index (κ1) is 16.0. The highest BCUT2D eigenvalue weighted by molar-refractivity contribution is 9.10. The van der Waals surface area contributed by atoms with Crippen LogP contribution in [0.15, 0.2) is 22.7 Å². The number of ether oxygens (including phenoxy) is 1. The fraction of sp³-hybridized carbons (Fsp3) is 0.500. The lowest BCUT2D eigenvalue weighted by Gasteiger charge is -2.14. The van der Waals surface area contributed by atoms with Gasteiger partial charge in [0, 0.05) is 16.9 Å². The highest BCUT2D eigenvalue weighted by Crippen LogP contribution is 2.24. The molecule has 2 rings (SSSR count). The van der Waals surface area contributed by atoms with Gasteiger partial charge in [-0.1, -0.05) is 35.7 Å². The van der Waals surface area contributed by atoms with Gasteiger partial charge in [0.05, 0.1) is 5.56 Å². The van der Waals surface area contributed by atoms with Crippen LogP contribution in [0.5, 0.6) is 5.75 Å². The third-order valence-corrected chi connectivity index (χ3v) is 4.14. The second kappa shape index (κ2) is 7.59. The van der Waals surface area contributed by atoms with Crippen molar-refractivity contribution in [1.29, 1.82) is 0 Å². The van der Waals surface area contributed by atoms with Gasteiger partial charge in [-0.05, 0) is 31.0 Å². The average molecular weight is 354 g/mol. The lowest BCUT2D eigenvalue weighted by molar-refractivity contribution is -0.123.